The number of aryl methyl sites for hydroxylation is 1. The average Bonchev–Trinajstić information content (AvgIpc) is 3.14. The Labute approximate surface area is 208 Å². The summed E-state index contributed by atoms with van der Waals surface area (Å²) in [7, 11) is 0. The van der Waals surface area contributed by atoms with Gasteiger partial charge >= 0.3 is 0 Å². The van der Waals surface area contributed by atoms with Gasteiger partial charge in [-0.05, 0) is 73.5 Å². The van der Waals surface area contributed by atoms with E-state index in [0.29, 0.717) is 17.1 Å². The zero-order valence-electron chi connectivity index (χ0n) is 19.8. The van der Waals surface area contributed by atoms with Crippen LogP contribution in [-0.2, 0) is 6.54 Å². The molecule has 0 bridgehead atoms. The molecule has 2 heterocycles. The first-order valence-electron chi connectivity index (χ1n) is 11.5. The number of imide groups is 1. The van der Waals surface area contributed by atoms with Crippen molar-refractivity contribution < 1.29 is 19.5 Å². The fourth-order valence-corrected chi connectivity index (χ4v) is 4.34. The van der Waals surface area contributed by atoms with Crippen LogP contribution in [0.15, 0.2) is 85.1 Å². The van der Waals surface area contributed by atoms with E-state index in [0.717, 1.165) is 16.0 Å². The number of amides is 3. The van der Waals surface area contributed by atoms with Crippen molar-refractivity contribution in [1.29, 1.82) is 0 Å². The molecule has 0 radical (unpaired) electrons. The third kappa shape index (κ3) is 3.90. The maximum atomic E-state index is 13.7. The van der Waals surface area contributed by atoms with Gasteiger partial charge in [-0.2, -0.15) is 0 Å². The third-order valence-electron chi connectivity index (χ3n) is 6.41. The van der Waals surface area contributed by atoms with Crippen LogP contribution >= 0.6 is 0 Å². The fourth-order valence-electron chi connectivity index (χ4n) is 4.34. The topological polar surface area (TPSA) is 90.8 Å². The molecule has 7 heteroatoms. The Morgan fingerprint density at radius 3 is 2.39 bits per heavy atom. The lowest BCUT2D eigenvalue weighted by Gasteiger charge is -2.23. The second-order valence-electron chi connectivity index (χ2n) is 8.63. The Bertz CT molecular complexity index is 1510. The van der Waals surface area contributed by atoms with Crippen molar-refractivity contribution in [3.63, 3.8) is 0 Å². The number of nitrogens with zero attached hydrogens (tertiary/aromatic N) is 3. The molecule has 0 aliphatic carbocycles. The molecule has 0 saturated heterocycles. The fraction of sp³-hybridized carbons (Fsp3) is 0.103. The number of aromatic nitrogens is 1. The molecule has 1 aromatic heterocycles. The number of para-hydroxylation sites is 2. The molecular formula is C29H23N3O4. The van der Waals surface area contributed by atoms with Crippen molar-refractivity contribution in [3.8, 4) is 5.75 Å². The summed E-state index contributed by atoms with van der Waals surface area (Å²) in [6.45, 7) is 3.89. The van der Waals surface area contributed by atoms with Gasteiger partial charge < -0.3 is 5.11 Å². The molecule has 4 aromatic rings. The Kier molecular flexibility index (Phi) is 5.82. The Morgan fingerprint density at radius 1 is 0.889 bits per heavy atom. The van der Waals surface area contributed by atoms with E-state index in [9.17, 15) is 19.5 Å². The van der Waals surface area contributed by atoms with Gasteiger partial charge in [0, 0.05) is 11.8 Å². The highest BCUT2D eigenvalue weighted by atomic mass is 16.3. The molecule has 0 unspecified atom stereocenters. The van der Waals surface area contributed by atoms with E-state index in [-0.39, 0.29) is 29.0 Å². The summed E-state index contributed by atoms with van der Waals surface area (Å²) in [5, 5.41) is 10.5. The van der Waals surface area contributed by atoms with E-state index in [1.807, 2.05) is 26.0 Å². The summed E-state index contributed by atoms with van der Waals surface area (Å²) in [5.41, 5.74) is 3.91. The third-order valence-corrected chi connectivity index (χ3v) is 6.41. The average molecular weight is 478 g/mol. The van der Waals surface area contributed by atoms with Crippen LogP contribution in [0.2, 0.25) is 0 Å². The quantitative estimate of drug-likeness (QED) is 0.406. The highest BCUT2D eigenvalue weighted by Gasteiger charge is 2.38. The molecule has 5 rings (SSSR count). The normalized spacial score (nSPS) is 12.6. The van der Waals surface area contributed by atoms with Crippen LogP contribution in [0, 0.1) is 13.8 Å². The van der Waals surface area contributed by atoms with Gasteiger partial charge in [0.25, 0.3) is 17.7 Å². The number of pyridine rings is 1. The summed E-state index contributed by atoms with van der Waals surface area (Å²) < 4.78 is 0. The highest BCUT2D eigenvalue weighted by Crippen LogP contribution is 2.34. The summed E-state index contributed by atoms with van der Waals surface area (Å²) in [5.74, 6) is -1.39. The van der Waals surface area contributed by atoms with Crippen LogP contribution in [0.1, 0.15) is 47.9 Å². The number of fused-ring (bicyclic) bond motifs is 1. The number of phenolic OH excluding ortho intramolecular Hbond substituents is 1. The summed E-state index contributed by atoms with van der Waals surface area (Å²) in [6.07, 6.45) is 1.63. The van der Waals surface area contributed by atoms with E-state index in [2.05, 4.69) is 4.98 Å². The molecule has 1 aliphatic heterocycles. The van der Waals surface area contributed by atoms with Crippen molar-refractivity contribution in [2.45, 2.75) is 20.4 Å². The zero-order chi connectivity index (χ0) is 25.4. The van der Waals surface area contributed by atoms with Gasteiger partial charge in [0.05, 0.1) is 34.7 Å². The van der Waals surface area contributed by atoms with Crippen molar-refractivity contribution in [1.82, 2.24) is 4.98 Å². The van der Waals surface area contributed by atoms with Crippen LogP contribution in [-0.4, -0.2) is 27.8 Å². The predicted molar refractivity (Wildman–Crippen MR) is 136 cm³/mol. The molecule has 3 amide bonds. The smallest absolute Gasteiger partial charge is 0.266 e. The number of benzene rings is 3. The van der Waals surface area contributed by atoms with Crippen LogP contribution < -0.4 is 9.80 Å². The van der Waals surface area contributed by atoms with Gasteiger partial charge in [0.1, 0.15) is 5.75 Å². The van der Waals surface area contributed by atoms with Crippen molar-refractivity contribution in [2.24, 2.45) is 0 Å². The molecule has 3 aromatic carbocycles. The number of aromatic hydroxyl groups is 1. The number of hydrogen-bond acceptors (Lipinski definition) is 5. The van der Waals surface area contributed by atoms with Crippen LogP contribution in [0.3, 0.4) is 0 Å². The number of carbonyl (C=O) groups excluding carboxylic acids is 3. The Hall–Kier alpha value is -4.78. The number of rotatable bonds is 5. The van der Waals surface area contributed by atoms with Crippen LogP contribution in [0.25, 0.3) is 0 Å². The lowest BCUT2D eigenvalue weighted by molar-refractivity contribution is 0.0924. The van der Waals surface area contributed by atoms with E-state index in [1.54, 1.807) is 48.7 Å². The van der Waals surface area contributed by atoms with Crippen molar-refractivity contribution >= 4 is 29.1 Å². The minimum Gasteiger partial charge on any atom is -0.506 e. The summed E-state index contributed by atoms with van der Waals surface area (Å²) in [4.78, 5) is 47.1. The predicted octanol–water partition coefficient (Wildman–Crippen LogP) is 5.05. The molecule has 0 saturated carbocycles. The second-order valence-corrected chi connectivity index (χ2v) is 8.63. The van der Waals surface area contributed by atoms with Gasteiger partial charge in [-0.3, -0.25) is 24.3 Å². The van der Waals surface area contributed by atoms with Gasteiger partial charge in [-0.1, -0.05) is 30.3 Å². The number of phenols is 1. The maximum Gasteiger partial charge on any atom is 0.266 e. The minimum atomic E-state index is -0.475. The summed E-state index contributed by atoms with van der Waals surface area (Å²) >= 11 is 0. The first kappa shape index (κ1) is 23.0. The number of anilines is 2. The summed E-state index contributed by atoms with van der Waals surface area (Å²) in [6, 6.07) is 21.9. The van der Waals surface area contributed by atoms with Gasteiger partial charge in [0.15, 0.2) is 0 Å². The van der Waals surface area contributed by atoms with E-state index in [4.69, 9.17) is 0 Å². The largest absolute Gasteiger partial charge is 0.506 e. The highest BCUT2D eigenvalue weighted by molar-refractivity contribution is 6.35. The van der Waals surface area contributed by atoms with Crippen LogP contribution in [0.4, 0.5) is 11.4 Å². The number of carbonyl (C=O) groups is 3. The maximum absolute atomic E-state index is 13.7. The van der Waals surface area contributed by atoms with E-state index in [1.165, 1.54) is 29.2 Å². The molecule has 1 aliphatic rings. The Balaban J connectivity index is 1.54. The van der Waals surface area contributed by atoms with Gasteiger partial charge in [-0.15, -0.1) is 0 Å². The molecular weight excluding hydrogens is 454 g/mol. The standard InChI is InChI=1S/C29H23N3O4/c1-18-8-7-11-24(19(18)2)32-28(35)22-14-13-20(16-23(22)29(32)36)27(34)31(17-21-9-5-6-15-30-21)25-10-3-4-12-26(25)33/h3-16,33H,17H2,1-2H3. The molecule has 0 fully saturated rings. The number of hydrogen-bond donors (Lipinski definition) is 1. The first-order chi connectivity index (χ1) is 17.4. The Morgan fingerprint density at radius 2 is 1.64 bits per heavy atom. The first-order valence-corrected chi connectivity index (χ1v) is 11.5. The second kappa shape index (κ2) is 9.11. The zero-order valence-corrected chi connectivity index (χ0v) is 19.8. The van der Waals surface area contributed by atoms with Gasteiger partial charge in [0.2, 0.25) is 0 Å². The molecule has 1 N–H and O–H groups in total. The lowest BCUT2D eigenvalue weighted by atomic mass is 10.0. The van der Waals surface area contributed by atoms with Gasteiger partial charge in [-0.25, -0.2) is 4.90 Å². The molecule has 178 valence electrons. The minimum absolute atomic E-state index is 0.0599. The van der Waals surface area contributed by atoms with Crippen LogP contribution in [0.5, 0.6) is 5.75 Å². The molecule has 36 heavy (non-hydrogen) atoms. The van der Waals surface area contributed by atoms with E-state index < -0.39 is 17.7 Å². The van der Waals surface area contributed by atoms with Crippen molar-refractivity contribution in [3.05, 3.63) is 119 Å². The monoisotopic (exact) mass is 477 g/mol. The molecule has 7 nitrogen and oxygen atoms in total. The molecule has 0 atom stereocenters. The molecule has 0 spiro atoms. The SMILES string of the molecule is Cc1cccc(N2C(=O)c3ccc(C(=O)N(Cc4ccccn4)c4ccccc4O)cc3C2=O)c1C. The lowest BCUT2D eigenvalue weighted by Crippen LogP contribution is -2.31. The van der Waals surface area contributed by atoms with Crippen molar-refractivity contribution in [2.75, 3.05) is 9.80 Å². The van der Waals surface area contributed by atoms with E-state index >= 15 is 0 Å².